The molecule has 0 spiro atoms. The van der Waals surface area contributed by atoms with Crippen LogP contribution in [0.5, 0.6) is 0 Å². The van der Waals surface area contributed by atoms with E-state index in [1.54, 1.807) is 0 Å². The summed E-state index contributed by atoms with van der Waals surface area (Å²) in [5, 5.41) is 0. The number of hydrogen-bond donors (Lipinski definition) is 1. The maximum absolute atomic E-state index is 6.10. The predicted octanol–water partition coefficient (Wildman–Crippen LogP) is 1.68. The quantitative estimate of drug-likeness (QED) is 0.682. The van der Waals surface area contributed by atoms with Crippen molar-refractivity contribution < 1.29 is 4.74 Å². The van der Waals surface area contributed by atoms with Gasteiger partial charge in [0.25, 0.3) is 0 Å². The van der Waals surface area contributed by atoms with Crippen LogP contribution < -0.4 is 5.73 Å². The van der Waals surface area contributed by atoms with Gasteiger partial charge in [0.05, 0.1) is 6.10 Å². The zero-order valence-corrected chi connectivity index (χ0v) is 7.67. The third-order valence-electron chi connectivity index (χ3n) is 3.06. The molecule has 1 aliphatic carbocycles. The van der Waals surface area contributed by atoms with E-state index in [1.807, 2.05) is 0 Å². The first-order chi connectivity index (χ1) is 5.88. The summed E-state index contributed by atoms with van der Waals surface area (Å²) >= 11 is 0. The van der Waals surface area contributed by atoms with Gasteiger partial charge >= 0.3 is 0 Å². The Bertz CT molecular complexity index is 137. The summed E-state index contributed by atoms with van der Waals surface area (Å²) in [6.07, 6.45) is 8.10. The van der Waals surface area contributed by atoms with Gasteiger partial charge in [0.1, 0.15) is 0 Å². The second kappa shape index (κ2) is 3.75. The monoisotopic (exact) mass is 169 g/mol. The van der Waals surface area contributed by atoms with Gasteiger partial charge in [-0.25, -0.2) is 0 Å². The summed E-state index contributed by atoms with van der Waals surface area (Å²) in [4.78, 5) is 0. The molecule has 2 N–H and O–H groups in total. The van der Waals surface area contributed by atoms with E-state index in [2.05, 4.69) is 0 Å². The first-order valence-electron chi connectivity index (χ1n) is 5.25. The highest BCUT2D eigenvalue weighted by atomic mass is 16.5. The Labute approximate surface area is 74.5 Å². The molecule has 1 heterocycles. The lowest BCUT2D eigenvalue weighted by Gasteiger charge is -2.21. The Morgan fingerprint density at radius 1 is 1.08 bits per heavy atom. The van der Waals surface area contributed by atoms with Crippen molar-refractivity contribution in [3.8, 4) is 0 Å². The summed E-state index contributed by atoms with van der Waals surface area (Å²) in [7, 11) is 0. The van der Waals surface area contributed by atoms with Gasteiger partial charge in [-0.05, 0) is 31.6 Å². The Kier molecular flexibility index (Phi) is 2.66. The van der Waals surface area contributed by atoms with Gasteiger partial charge in [0.2, 0.25) is 0 Å². The van der Waals surface area contributed by atoms with Crippen LogP contribution in [-0.4, -0.2) is 18.8 Å². The number of hydrogen-bond acceptors (Lipinski definition) is 2. The first-order valence-corrected chi connectivity index (χ1v) is 5.25. The minimum absolute atomic E-state index is 0.336. The van der Waals surface area contributed by atoms with Crippen molar-refractivity contribution in [1.29, 1.82) is 0 Å². The van der Waals surface area contributed by atoms with E-state index in [0.29, 0.717) is 12.1 Å². The van der Waals surface area contributed by atoms with Crippen LogP contribution >= 0.6 is 0 Å². The molecule has 12 heavy (non-hydrogen) atoms. The SMILES string of the molecule is NC(C1CC1)C1CCCCCO1. The molecule has 2 heteroatoms. The molecule has 2 aliphatic rings. The summed E-state index contributed by atoms with van der Waals surface area (Å²) in [6.45, 7) is 0.936. The fourth-order valence-corrected chi connectivity index (χ4v) is 2.03. The molecule has 1 saturated heterocycles. The van der Waals surface area contributed by atoms with Gasteiger partial charge in [0, 0.05) is 12.6 Å². The van der Waals surface area contributed by atoms with Gasteiger partial charge in [-0.1, -0.05) is 12.8 Å². The molecule has 2 rings (SSSR count). The molecule has 2 atom stereocenters. The highest BCUT2D eigenvalue weighted by molar-refractivity contribution is 4.89. The topological polar surface area (TPSA) is 35.2 Å². The van der Waals surface area contributed by atoms with E-state index in [1.165, 1.54) is 38.5 Å². The Balaban J connectivity index is 1.82. The van der Waals surface area contributed by atoms with Crippen LogP contribution in [0.1, 0.15) is 38.5 Å². The number of rotatable bonds is 2. The fourth-order valence-electron chi connectivity index (χ4n) is 2.03. The molecule has 70 valence electrons. The van der Waals surface area contributed by atoms with Crippen LogP contribution in [0.2, 0.25) is 0 Å². The molecular formula is C10H19NO. The second-order valence-corrected chi connectivity index (χ2v) is 4.17. The van der Waals surface area contributed by atoms with Gasteiger partial charge < -0.3 is 10.5 Å². The van der Waals surface area contributed by atoms with Gasteiger partial charge in [-0.2, -0.15) is 0 Å². The summed E-state index contributed by atoms with van der Waals surface area (Å²) in [6, 6.07) is 0.336. The average molecular weight is 169 g/mol. The minimum atomic E-state index is 0.336. The van der Waals surface area contributed by atoms with Crippen molar-refractivity contribution >= 4 is 0 Å². The maximum atomic E-state index is 6.10. The summed E-state index contributed by atoms with van der Waals surface area (Å²) < 4.78 is 5.74. The average Bonchev–Trinajstić information content (AvgIpc) is 2.92. The lowest BCUT2D eigenvalue weighted by atomic mass is 10.0. The van der Waals surface area contributed by atoms with Crippen molar-refractivity contribution in [2.24, 2.45) is 11.7 Å². The normalized spacial score (nSPS) is 34.2. The molecule has 2 nitrogen and oxygen atoms in total. The Hall–Kier alpha value is -0.0800. The number of ether oxygens (including phenoxy) is 1. The van der Waals surface area contributed by atoms with E-state index in [0.717, 1.165) is 12.5 Å². The van der Waals surface area contributed by atoms with Crippen molar-refractivity contribution in [2.45, 2.75) is 50.7 Å². The molecule has 0 aromatic heterocycles. The third kappa shape index (κ3) is 1.99. The summed E-state index contributed by atoms with van der Waals surface area (Å²) in [5.41, 5.74) is 6.10. The fraction of sp³-hybridized carbons (Fsp3) is 1.00. The molecule has 1 saturated carbocycles. The van der Waals surface area contributed by atoms with Crippen LogP contribution in [-0.2, 0) is 4.74 Å². The predicted molar refractivity (Wildman–Crippen MR) is 48.9 cm³/mol. The zero-order valence-electron chi connectivity index (χ0n) is 7.67. The van der Waals surface area contributed by atoms with Crippen LogP contribution in [0.15, 0.2) is 0 Å². The molecule has 0 aromatic rings. The molecule has 0 amide bonds. The van der Waals surface area contributed by atoms with Gasteiger partial charge in [-0.15, -0.1) is 0 Å². The summed E-state index contributed by atoms with van der Waals surface area (Å²) in [5.74, 6) is 0.785. The van der Waals surface area contributed by atoms with Gasteiger partial charge in [-0.3, -0.25) is 0 Å². The molecule has 0 bridgehead atoms. The van der Waals surface area contributed by atoms with Crippen LogP contribution in [0.4, 0.5) is 0 Å². The van der Waals surface area contributed by atoms with E-state index < -0.39 is 0 Å². The van der Waals surface area contributed by atoms with E-state index in [4.69, 9.17) is 10.5 Å². The molecule has 2 fully saturated rings. The first kappa shape index (κ1) is 8.52. The maximum Gasteiger partial charge on any atom is 0.0728 e. The smallest absolute Gasteiger partial charge is 0.0728 e. The largest absolute Gasteiger partial charge is 0.377 e. The van der Waals surface area contributed by atoms with Crippen LogP contribution in [0, 0.1) is 5.92 Å². The van der Waals surface area contributed by atoms with Crippen molar-refractivity contribution in [2.75, 3.05) is 6.61 Å². The van der Waals surface area contributed by atoms with Gasteiger partial charge in [0.15, 0.2) is 0 Å². The standard InChI is InChI=1S/C10H19NO/c11-10(8-5-6-8)9-4-2-1-3-7-12-9/h8-10H,1-7,11H2. The minimum Gasteiger partial charge on any atom is -0.377 e. The van der Waals surface area contributed by atoms with Crippen LogP contribution in [0.25, 0.3) is 0 Å². The van der Waals surface area contributed by atoms with Crippen molar-refractivity contribution in [3.63, 3.8) is 0 Å². The zero-order chi connectivity index (χ0) is 8.39. The Morgan fingerprint density at radius 3 is 2.67 bits per heavy atom. The third-order valence-corrected chi connectivity index (χ3v) is 3.06. The molecule has 0 radical (unpaired) electrons. The molecule has 1 aliphatic heterocycles. The lowest BCUT2D eigenvalue weighted by Crippen LogP contribution is -2.38. The van der Waals surface area contributed by atoms with E-state index in [-0.39, 0.29) is 0 Å². The lowest BCUT2D eigenvalue weighted by molar-refractivity contribution is 0.0355. The second-order valence-electron chi connectivity index (χ2n) is 4.17. The van der Waals surface area contributed by atoms with Crippen LogP contribution in [0.3, 0.4) is 0 Å². The Morgan fingerprint density at radius 2 is 1.92 bits per heavy atom. The highest BCUT2D eigenvalue weighted by Crippen LogP contribution is 2.35. The molecule has 2 unspecified atom stereocenters. The van der Waals surface area contributed by atoms with E-state index in [9.17, 15) is 0 Å². The molecular weight excluding hydrogens is 150 g/mol. The highest BCUT2D eigenvalue weighted by Gasteiger charge is 2.34. The number of nitrogens with two attached hydrogens (primary N) is 1. The van der Waals surface area contributed by atoms with Crippen molar-refractivity contribution in [3.05, 3.63) is 0 Å². The van der Waals surface area contributed by atoms with Crippen molar-refractivity contribution in [1.82, 2.24) is 0 Å². The van der Waals surface area contributed by atoms with E-state index >= 15 is 0 Å². The molecule has 0 aromatic carbocycles.